The first-order valence-corrected chi connectivity index (χ1v) is 10.7. The molecule has 2 aromatic rings. The summed E-state index contributed by atoms with van der Waals surface area (Å²) in [6, 6.07) is 8.50. The summed E-state index contributed by atoms with van der Waals surface area (Å²) >= 11 is 12.3. The molecule has 2 amide bonds. The van der Waals surface area contributed by atoms with E-state index in [1.807, 2.05) is 36.0 Å². The van der Waals surface area contributed by atoms with E-state index in [0.29, 0.717) is 42.5 Å². The summed E-state index contributed by atoms with van der Waals surface area (Å²) in [6.45, 7) is 1.55. The Kier molecular flexibility index (Phi) is 7.69. The largest absolute Gasteiger partial charge is 0.352 e. The number of likely N-dealkylation sites (N-methyl/N-ethyl adjacent to an activating group) is 1. The van der Waals surface area contributed by atoms with Crippen LogP contribution in [0.2, 0.25) is 10.0 Å². The normalized spacial score (nSPS) is 15.8. The van der Waals surface area contributed by atoms with Crippen molar-refractivity contribution >= 4 is 35.0 Å². The van der Waals surface area contributed by atoms with Gasteiger partial charge in [0.25, 0.3) is 0 Å². The summed E-state index contributed by atoms with van der Waals surface area (Å²) in [5.41, 5.74) is 1.73. The quantitative estimate of drug-likeness (QED) is 0.733. The van der Waals surface area contributed by atoms with Crippen molar-refractivity contribution in [3.63, 3.8) is 0 Å². The van der Waals surface area contributed by atoms with Crippen molar-refractivity contribution in [1.29, 1.82) is 0 Å². The van der Waals surface area contributed by atoms with Gasteiger partial charge < -0.3 is 10.2 Å². The number of piperidine rings is 1. The van der Waals surface area contributed by atoms with E-state index in [1.165, 1.54) is 0 Å². The fourth-order valence-corrected chi connectivity index (χ4v) is 4.31. The maximum atomic E-state index is 13.2. The van der Waals surface area contributed by atoms with Gasteiger partial charge in [0.05, 0.1) is 0 Å². The van der Waals surface area contributed by atoms with Gasteiger partial charge in [-0.05, 0) is 62.3 Å². The number of carbonyl (C=O) groups excluding carboxylic acids is 2. The van der Waals surface area contributed by atoms with Crippen LogP contribution in [0.3, 0.4) is 0 Å². The molecule has 0 saturated carbocycles. The van der Waals surface area contributed by atoms with E-state index in [1.54, 1.807) is 30.6 Å². The number of carbonyl (C=O) groups is 2. The second-order valence-corrected chi connectivity index (χ2v) is 8.62. The third kappa shape index (κ3) is 5.72. The molecule has 1 fully saturated rings. The molecule has 1 atom stereocenters. The van der Waals surface area contributed by atoms with E-state index in [2.05, 4.69) is 10.3 Å². The van der Waals surface area contributed by atoms with Crippen molar-refractivity contribution in [3.05, 3.63) is 63.9 Å². The molecule has 1 unspecified atom stereocenters. The van der Waals surface area contributed by atoms with E-state index in [0.717, 1.165) is 11.1 Å². The van der Waals surface area contributed by atoms with E-state index >= 15 is 0 Å². The first kappa shape index (κ1) is 22.5. The lowest BCUT2D eigenvalue weighted by Crippen LogP contribution is -2.46. The number of nitrogens with zero attached hydrogens (tertiary/aromatic N) is 3. The lowest BCUT2D eigenvalue weighted by Gasteiger charge is -2.35. The highest BCUT2D eigenvalue weighted by atomic mass is 35.5. The predicted octanol–water partition coefficient (Wildman–Crippen LogP) is 3.55. The van der Waals surface area contributed by atoms with Crippen molar-refractivity contribution in [3.8, 4) is 0 Å². The molecule has 3 rings (SSSR count). The number of pyridine rings is 1. The Labute approximate surface area is 187 Å². The average molecular weight is 449 g/mol. The van der Waals surface area contributed by atoms with Gasteiger partial charge >= 0.3 is 0 Å². The van der Waals surface area contributed by atoms with E-state index in [4.69, 9.17) is 23.2 Å². The minimum atomic E-state index is -0.475. The van der Waals surface area contributed by atoms with Crippen LogP contribution in [0.15, 0.2) is 42.7 Å². The molecule has 1 aromatic heterocycles. The monoisotopic (exact) mass is 448 g/mol. The van der Waals surface area contributed by atoms with Gasteiger partial charge in [-0.1, -0.05) is 29.3 Å². The number of benzene rings is 1. The fourth-order valence-electron chi connectivity index (χ4n) is 3.77. The molecule has 0 aliphatic carbocycles. The number of hydrogen-bond donors (Lipinski definition) is 1. The van der Waals surface area contributed by atoms with Crippen LogP contribution in [-0.2, 0) is 16.1 Å². The van der Waals surface area contributed by atoms with E-state index in [9.17, 15) is 9.59 Å². The number of halogens is 2. The minimum absolute atomic E-state index is 0.00690. The lowest BCUT2D eigenvalue weighted by atomic mass is 9.94. The van der Waals surface area contributed by atoms with Gasteiger partial charge in [-0.15, -0.1) is 0 Å². The smallest absolute Gasteiger partial charge is 0.244 e. The molecular weight excluding hydrogens is 423 g/mol. The number of nitrogens with one attached hydrogen (secondary N) is 1. The average Bonchev–Trinajstić information content (AvgIpc) is 2.72. The Balaban J connectivity index is 1.58. The van der Waals surface area contributed by atoms with Gasteiger partial charge in [0.15, 0.2) is 0 Å². The highest BCUT2D eigenvalue weighted by molar-refractivity contribution is 6.34. The first-order valence-electron chi connectivity index (χ1n) is 9.93. The molecule has 0 spiro atoms. The highest BCUT2D eigenvalue weighted by Crippen LogP contribution is 2.29. The zero-order valence-electron chi connectivity index (χ0n) is 17.1. The third-order valence-corrected chi connectivity index (χ3v) is 5.75. The van der Waals surface area contributed by atoms with Gasteiger partial charge in [0.2, 0.25) is 11.8 Å². The Morgan fingerprint density at radius 1 is 1.20 bits per heavy atom. The maximum Gasteiger partial charge on any atom is 0.244 e. The van der Waals surface area contributed by atoms with Gasteiger partial charge in [0.1, 0.15) is 6.04 Å². The van der Waals surface area contributed by atoms with Crippen molar-refractivity contribution in [2.24, 2.45) is 5.92 Å². The maximum absolute atomic E-state index is 13.2. The molecule has 1 saturated heterocycles. The summed E-state index contributed by atoms with van der Waals surface area (Å²) in [5.74, 6) is -0.0755. The lowest BCUT2D eigenvalue weighted by molar-refractivity contribution is -0.139. The predicted molar refractivity (Wildman–Crippen MR) is 118 cm³/mol. The number of aromatic nitrogens is 1. The Morgan fingerprint density at radius 3 is 2.43 bits per heavy atom. The zero-order chi connectivity index (χ0) is 21.7. The summed E-state index contributed by atoms with van der Waals surface area (Å²) < 4.78 is 0. The third-order valence-electron chi connectivity index (χ3n) is 5.32. The number of hydrogen-bond acceptors (Lipinski definition) is 4. The van der Waals surface area contributed by atoms with Crippen molar-refractivity contribution in [1.82, 2.24) is 20.1 Å². The summed E-state index contributed by atoms with van der Waals surface area (Å²) in [7, 11) is 3.71. The minimum Gasteiger partial charge on any atom is -0.352 e. The fraction of sp³-hybridized carbons (Fsp3) is 0.409. The molecule has 8 heteroatoms. The Morgan fingerprint density at radius 2 is 1.87 bits per heavy atom. The number of amides is 2. The van der Waals surface area contributed by atoms with Crippen LogP contribution in [0.5, 0.6) is 0 Å². The first-order chi connectivity index (χ1) is 14.3. The molecule has 160 valence electrons. The van der Waals surface area contributed by atoms with Crippen LogP contribution in [0.1, 0.15) is 30.0 Å². The molecule has 1 aliphatic heterocycles. The van der Waals surface area contributed by atoms with Crippen LogP contribution < -0.4 is 5.32 Å². The van der Waals surface area contributed by atoms with Gasteiger partial charge in [0, 0.05) is 48.0 Å². The molecule has 1 aliphatic rings. The summed E-state index contributed by atoms with van der Waals surface area (Å²) in [4.78, 5) is 33.5. The van der Waals surface area contributed by atoms with Crippen molar-refractivity contribution < 1.29 is 9.59 Å². The van der Waals surface area contributed by atoms with Crippen LogP contribution in [-0.4, -0.2) is 53.8 Å². The van der Waals surface area contributed by atoms with Crippen LogP contribution in [0.25, 0.3) is 0 Å². The van der Waals surface area contributed by atoms with Crippen LogP contribution >= 0.6 is 23.2 Å². The molecule has 30 heavy (non-hydrogen) atoms. The van der Waals surface area contributed by atoms with Crippen LogP contribution in [0, 0.1) is 5.92 Å². The number of likely N-dealkylation sites (tertiary alicyclic amines) is 1. The molecule has 6 nitrogen and oxygen atoms in total. The Hall–Kier alpha value is -2.15. The Bertz CT molecular complexity index is 864. The second-order valence-electron chi connectivity index (χ2n) is 7.75. The van der Waals surface area contributed by atoms with Gasteiger partial charge in [-0.3, -0.25) is 19.5 Å². The number of rotatable bonds is 6. The van der Waals surface area contributed by atoms with Crippen molar-refractivity contribution in [2.45, 2.75) is 25.4 Å². The standard InChI is InChI=1S/C22H26Cl2N4O2/c1-27(2)20(17-10-18(23)12-19(24)11-17)22(30)28-8-5-16(6-9-28)21(29)26-14-15-4-3-7-25-13-15/h3-4,7,10-13,16,20H,5-6,8-9,14H2,1-2H3,(H,26,29). The molecule has 2 heterocycles. The van der Waals surface area contributed by atoms with Crippen molar-refractivity contribution in [2.75, 3.05) is 27.2 Å². The molecular formula is C22H26Cl2N4O2. The van der Waals surface area contributed by atoms with Gasteiger partial charge in [-0.25, -0.2) is 0 Å². The van der Waals surface area contributed by atoms with Crippen LogP contribution in [0.4, 0.5) is 0 Å². The SMILES string of the molecule is CN(C)C(C(=O)N1CCC(C(=O)NCc2cccnc2)CC1)c1cc(Cl)cc(Cl)c1. The molecule has 1 N–H and O–H groups in total. The summed E-state index contributed by atoms with van der Waals surface area (Å²) in [6.07, 6.45) is 4.73. The molecule has 1 aromatic carbocycles. The molecule has 0 radical (unpaired) electrons. The summed E-state index contributed by atoms with van der Waals surface area (Å²) in [5, 5.41) is 3.97. The molecule has 0 bridgehead atoms. The zero-order valence-corrected chi connectivity index (χ0v) is 18.7. The topological polar surface area (TPSA) is 65.5 Å². The van der Waals surface area contributed by atoms with Gasteiger partial charge in [-0.2, -0.15) is 0 Å². The second kappa shape index (κ2) is 10.2. The van der Waals surface area contributed by atoms with E-state index < -0.39 is 6.04 Å². The highest BCUT2D eigenvalue weighted by Gasteiger charge is 2.32. The van der Waals surface area contributed by atoms with E-state index in [-0.39, 0.29) is 17.7 Å².